The van der Waals surface area contributed by atoms with E-state index in [4.69, 9.17) is 9.47 Å². The number of rotatable bonds is 7. The summed E-state index contributed by atoms with van der Waals surface area (Å²) in [5.41, 5.74) is -1.74. The Bertz CT molecular complexity index is 851. The molecular formula is C21H24N2O5. The number of aliphatic carboxylic acids is 1. The molecule has 7 nitrogen and oxygen atoms in total. The number of benzene rings is 1. The molecule has 2 aromatic rings. The molecule has 2 unspecified atom stereocenters. The first-order valence-corrected chi connectivity index (χ1v) is 9.15. The smallest absolute Gasteiger partial charge is 0.330 e. The van der Waals surface area contributed by atoms with E-state index in [9.17, 15) is 14.7 Å². The predicted octanol–water partition coefficient (Wildman–Crippen LogP) is 3.26. The molecule has 3 rings (SSSR count). The SMILES string of the molecule is CCOC1CC(NC(=O)c2ccc(Oc3cccnc3)cc2)(C(=O)O)C1(C)C. The molecule has 2 N–H and O–H groups in total. The molecule has 0 aliphatic heterocycles. The Balaban J connectivity index is 1.72. The summed E-state index contributed by atoms with van der Waals surface area (Å²) >= 11 is 0. The molecule has 0 radical (unpaired) electrons. The van der Waals surface area contributed by atoms with Crippen LogP contribution in [0.25, 0.3) is 0 Å². The monoisotopic (exact) mass is 384 g/mol. The minimum atomic E-state index is -1.37. The Labute approximate surface area is 163 Å². The fourth-order valence-corrected chi connectivity index (χ4v) is 3.52. The molecule has 1 aromatic heterocycles. The molecule has 0 spiro atoms. The fourth-order valence-electron chi connectivity index (χ4n) is 3.52. The normalized spacial score (nSPS) is 22.8. The van der Waals surface area contributed by atoms with Gasteiger partial charge in [-0.2, -0.15) is 0 Å². The highest BCUT2D eigenvalue weighted by atomic mass is 16.5. The molecule has 28 heavy (non-hydrogen) atoms. The molecule has 1 aromatic carbocycles. The van der Waals surface area contributed by atoms with E-state index in [0.29, 0.717) is 23.7 Å². The van der Waals surface area contributed by atoms with Crippen molar-refractivity contribution in [2.75, 3.05) is 6.61 Å². The number of nitrogens with zero attached hydrogens (tertiary/aromatic N) is 1. The molecule has 0 bridgehead atoms. The maximum Gasteiger partial charge on any atom is 0.330 e. The molecule has 1 saturated carbocycles. The van der Waals surface area contributed by atoms with Gasteiger partial charge in [0.05, 0.1) is 12.3 Å². The van der Waals surface area contributed by atoms with Crippen molar-refractivity contribution in [3.63, 3.8) is 0 Å². The fraction of sp³-hybridized carbons (Fsp3) is 0.381. The maximum atomic E-state index is 12.7. The van der Waals surface area contributed by atoms with Crippen molar-refractivity contribution in [1.29, 1.82) is 0 Å². The summed E-state index contributed by atoms with van der Waals surface area (Å²) in [5.74, 6) is -0.364. The molecule has 1 aliphatic rings. The van der Waals surface area contributed by atoms with E-state index in [-0.39, 0.29) is 12.5 Å². The summed E-state index contributed by atoms with van der Waals surface area (Å²) in [6.07, 6.45) is 3.25. The van der Waals surface area contributed by atoms with Gasteiger partial charge in [-0.1, -0.05) is 13.8 Å². The average molecular weight is 384 g/mol. The third kappa shape index (κ3) is 3.45. The Morgan fingerprint density at radius 1 is 1.21 bits per heavy atom. The van der Waals surface area contributed by atoms with Gasteiger partial charge in [0.25, 0.3) is 5.91 Å². The number of carboxylic acids is 1. The van der Waals surface area contributed by atoms with Crippen LogP contribution in [0.2, 0.25) is 0 Å². The van der Waals surface area contributed by atoms with Gasteiger partial charge in [-0.3, -0.25) is 9.78 Å². The number of nitrogens with one attached hydrogen (secondary N) is 1. The molecule has 1 amide bonds. The Morgan fingerprint density at radius 2 is 1.93 bits per heavy atom. The highest BCUT2D eigenvalue weighted by molar-refractivity contribution is 5.98. The number of hydrogen-bond acceptors (Lipinski definition) is 5. The van der Waals surface area contributed by atoms with Gasteiger partial charge in [0, 0.05) is 30.2 Å². The highest BCUT2D eigenvalue weighted by Crippen LogP contribution is 2.51. The van der Waals surface area contributed by atoms with Crippen LogP contribution in [0.4, 0.5) is 0 Å². The second-order valence-corrected chi connectivity index (χ2v) is 7.35. The van der Waals surface area contributed by atoms with Crippen molar-refractivity contribution < 1.29 is 24.2 Å². The summed E-state index contributed by atoms with van der Waals surface area (Å²) in [6.45, 7) is 5.97. The van der Waals surface area contributed by atoms with Gasteiger partial charge >= 0.3 is 5.97 Å². The van der Waals surface area contributed by atoms with Crippen LogP contribution < -0.4 is 10.1 Å². The average Bonchev–Trinajstić information content (AvgIpc) is 2.68. The van der Waals surface area contributed by atoms with Crippen LogP contribution in [0.3, 0.4) is 0 Å². The number of ether oxygens (including phenoxy) is 2. The minimum Gasteiger partial charge on any atom is -0.479 e. The number of carbonyl (C=O) groups is 2. The number of carbonyl (C=O) groups excluding carboxylic acids is 1. The maximum absolute atomic E-state index is 12.7. The molecule has 148 valence electrons. The number of hydrogen-bond donors (Lipinski definition) is 2. The van der Waals surface area contributed by atoms with Crippen LogP contribution >= 0.6 is 0 Å². The van der Waals surface area contributed by atoms with Gasteiger partial charge in [-0.25, -0.2) is 4.79 Å². The lowest BCUT2D eigenvalue weighted by atomic mass is 9.54. The molecule has 0 saturated heterocycles. The molecule has 1 heterocycles. The Morgan fingerprint density at radius 3 is 2.46 bits per heavy atom. The minimum absolute atomic E-state index is 0.218. The second kappa shape index (κ2) is 7.59. The van der Waals surface area contributed by atoms with Crippen molar-refractivity contribution in [1.82, 2.24) is 10.3 Å². The first-order chi connectivity index (χ1) is 13.3. The second-order valence-electron chi connectivity index (χ2n) is 7.35. The number of pyridine rings is 1. The lowest BCUT2D eigenvalue weighted by Crippen LogP contribution is -2.76. The molecular weight excluding hydrogens is 360 g/mol. The molecule has 1 aliphatic carbocycles. The predicted molar refractivity (Wildman–Crippen MR) is 102 cm³/mol. The lowest BCUT2D eigenvalue weighted by Gasteiger charge is -2.58. The highest BCUT2D eigenvalue weighted by Gasteiger charge is 2.66. The Hall–Kier alpha value is -2.93. The van der Waals surface area contributed by atoms with Crippen LogP contribution in [-0.4, -0.2) is 40.2 Å². The van der Waals surface area contributed by atoms with Gasteiger partial charge in [0.1, 0.15) is 17.0 Å². The van der Waals surface area contributed by atoms with Crippen molar-refractivity contribution in [3.8, 4) is 11.5 Å². The summed E-state index contributed by atoms with van der Waals surface area (Å²) in [5, 5.41) is 12.5. The number of amides is 1. The van der Waals surface area contributed by atoms with E-state index < -0.39 is 22.8 Å². The zero-order valence-corrected chi connectivity index (χ0v) is 16.1. The van der Waals surface area contributed by atoms with E-state index in [2.05, 4.69) is 10.3 Å². The zero-order valence-electron chi connectivity index (χ0n) is 16.1. The third-order valence-electron chi connectivity index (χ3n) is 5.44. The molecule has 2 atom stereocenters. The van der Waals surface area contributed by atoms with E-state index >= 15 is 0 Å². The lowest BCUT2D eigenvalue weighted by molar-refractivity contribution is -0.190. The molecule has 1 fully saturated rings. The Kier molecular flexibility index (Phi) is 5.38. The van der Waals surface area contributed by atoms with Gasteiger partial charge < -0.3 is 19.9 Å². The van der Waals surface area contributed by atoms with Gasteiger partial charge in [-0.05, 0) is 43.3 Å². The first kappa shape index (κ1) is 19.8. The van der Waals surface area contributed by atoms with Crippen LogP contribution in [0, 0.1) is 5.41 Å². The van der Waals surface area contributed by atoms with E-state index in [1.54, 1.807) is 62.6 Å². The van der Waals surface area contributed by atoms with E-state index in [1.165, 1.54) is 0 Å². The number of carboxylic acid groups (broad SMARTS) is 1. The van der Waals surface area contributed by atoms with Gasteiger partial charge in [-0.15, -0.1) is 0 Å². The number of aromatic nitrogens is 1. The van der Waals surface area contributed by atoms with Crippen LogP contribution in [-0.2, 0) is 9.53 Å². The first-order valence-electron chi connectivity index (χ1n) is 9.15. The van der Waals surface area contributed by atoms with Gasteiger partial charge in [0.2, 0.25) is 0 Å². The quantitative estimate of drug-likeness (QED) is 0.760. The van der Waals surface area contributed by atoms with Crippen LogP contribution in [0.1, 0.15) is 37.6 Å². The molecule has 7 heteroatoms. The summed E-state index contributed by atoms with van der Waals surface area (Å²) < 4.78 is 11.3. The summed E-state index contributed by atoms with van der Waals surface area (Å²) in [4.78, 5) is 28.7. The van der Waals surface area contributed by atoms with Gasteiger partial charge in [0.15, 0.2) is 0 Å². The summed E-state index contributed by atoms with van der Waals surface area (Å²) in [7, 11) is 0. The van der Waals surface area contributed by atoms with Crippen LogP contribution in [0.5, 0.6) is 11.5 Å². The van der Waals surface area contributed by atoms with E-state index in [0.717, 1.165) is 0 Å². The third-order valence-corrected chi connectivity index (χ3v) is 5.44. The van der Waals surface area contributed by atoms with E-state index in [1.807, 2.05) is 6.92 Å². The summed E-state index contributed by atoms with van der Waals surface area (Å²) in [6, 6.07) is 10.1. The van der Waals surface area contributed by atoms with Crippen molar-refractivity contribution in [3.05, 3.63) is 54.4 Å². The van der Waals surface area contributed by atoms with Crippen molar-refractivity contribution in [2.45, 2.75) is 38.8 Å². The van der Waals surface area contributed by atoms with Crippen molar-refractivity contribution in [2.24, 2.45) is 5.41 Å². The standard InChI is InChI=1S/C21H24N2O5/c1-4-27-17-12-21(19(25)26,20(17,2)3)23-18(24)14-7-9-15(10-8-14)28-16-6-5-11-22-13-16/h5-11,13,17H,4,12H2,1-3H3,(H,23,24)(H,25,26). The van der Waals surface area contributed by atoms with Crippen molar-refractivity contribution >= 4 is 11.9 Å². The topological polar surface area (TPSA) is 97.8 Å². The largest absolute Gasteiger partial charge is 0.479 e. The zero-order chi connectivity index (χ0) is 20.4. The van der Waals surface area contributed by atoms with Crippen LogP contribution in [0.15, 0.2) is 48.8 Å².